The van der Waals surface area contributed by atoms with E-state index >= 15 is 0 Å². The lowest BCUT2D eigenvalue weighted by atomic mass is 10.0. The van der Waals surface area contributed by atoms with Crippen molar-refractivity contribution in [2.24, 2.45) is 0 Å². The van der Waals surface area contributed by atoms with Crippen molar-refractivity contribution in [1.29, 1.82) is 0 Å². The zero-order valence-corrected chi connectivity index (χ0v) is 13.1. The summed E-state index contributed by atoms with van der Waals surface area (Å²) in [4.78, 5) is 23.1. The lowest BCUT2D eigenvalue weighted by Crippen LogP contribution is -2.31. The molecule has 5 nitrogen and oxygen atoms in total. The van der Waals surface area contributed by atoms with Crippen molar-refractivity contribution >= 4 is 11.9 Å². The molecule has 0 saturated carbocycles. The molecule has 0 saturated heterocycles. The first-order chi connectivity index (χ1) is 11.0. The molecule has 0 spiro atoms. The van der Waals surface area contributed by atoms with Gasteiger partial charge in [-0.2, -0.15) is 0 Å². The summed E-state index contributed by atoms with van der Waals surface area (Å²) in [5.74, 6) is -1.21. The summed E-state index contributed by atoms with van der Waals surface area (Å²) in [6.07, 6.45) is 0. The van der Waals surface area contributed by atoms with Crippen LogP contribution in [0.3, 0.4) is 0 Å². The zero-order valence-electron chi connectivity index (χ0n) is 13.1. The van der Waals surface area contributed by atoms with Crippen molar-refractivity contribution in [3.8, 4) is 5.75 Å². The highest BCUT2D eigenvalue weighted by Crippen LogP contribution is 2.18. The molecule has 0 fully saturated rings. The van der Waals surface area contributed by atoms with Crippen molar-refractivity contribution in [3.05, 3.63) is 65.2 Å². The molecule has 0 bridgehead atoms. The summed E-state index contributed by atoms with van der Waals surface area (Å²) in [5.41, 5.74) is 2.16. The highest BCUT2D eigenvalue weighted by atomic mass is 16.5. The fraction of sp³-hybridized carbons (Fsp3) is 0.222. The van der Waals surface area contributed by atoms with Crippen LogP contribution in [0.5, 0.6) is 5.75 Å². The van der Waals surface area contributed by atoms with Crippen LogP contribution in [0, 0.1) is 6.92 Å². The highest BCUT2D eigenvalue weighted by Gasteiger charge is 2.14. The number of hydrogen-bond acceptors (Lipinski definition) is 3. The molecule has 2 aromatic rings. The first-order valence-electron chi connectivity index (χ1n) is 7.29. The van der Waals surface area contributed by atoms with Gasteiger partial charge in [-0.25, -0.2) is 4.79 Å². The number of ether oxygens (including phenoxy) is 1. The van der Waals surface area contributed by atoms with E-state index in [-0.39, 0.29) is 29.9 Å². The minimum atomic E-state index is -1.09. The Hall–Kier alpha value is -2.82. The highest BCUT2D eigenvalue weighted by molar-refractivity contribution is 5.91. The maximum absolute atomic E-state index is 12.0. The lowest BCUT2D eigenvalue weighted by molar-refractivity contribution is -0.123. The largest absolute Gasteiger partial charge is 0.483 e. The van der Waals surface area contributed by atoms with Gasteiger partial charge >= 0.3 is 5.97 Å². The first kappa shape index (κ1) is 16.5. The molecule has 1 amide bonds. The van der Waals surface area contributed by atoms with E-state index < -0.39 is 5.97 Å². The third-order valence-electron chi connectivity index (χ3n) is 3.51. The fourth-order valence-corrected chi connectivity index (χ4v) is 2.35. The lowest BCUT2D eigenvalue weighted by Gasteiger charge is -2.17. The summed E-state index contributed by atoms with van der Waals surface area (Å²) >= 11 is 0. The summed E-state index contributed by atoms with van der Waals surface area (Å²) in [6, 6.07) is 13.9. The maximum Gasteiger partial charge on any atom is 0.339 e. The summed E-state index contributed by atoms with van der Waals surface area (Å²) in [6.45, 7) is 3.64. The molecule has 23 heavy (non-hydrogen) atoms. The standard InChI is InChI=1S/C18H19NO4/c1-12-7-3-4-8-14(12)13(2)19-17(20)11-23-16-10-6-5-9-15(16)18(21)22/h3-10,13H,11H2,1-2H3,(H,19,20)(H,21,22). The molecule has 1 unspecified atom stereocenters. The van der Waals surface area contributed by atoms with Crippen LogP contribution in [0.2, 0.25) is 0 Å². The fourth-order valence-electron chi connectivity index (χ4n) is 2.35. The first-order valence-corrected chi connectivity index (χ1v) is 7.29. The van der Waals surface area contributed by atoms with Gasteiger partial charge in [0.15, 0.2) is 6.61 Å². The molecule has 5 heteroatoms. The molecule has 0 heterocycles. The van der Waals surface area contributed by atoms with E-state index in [1.54, 1.807) is 12.1 Å². The van der Waals surface area contributed by atoms with Gasteiger partial charge in [0, 0.05) is 0 Å². The second kappa shape index (κ2) is 7.45. The smallest absolute Gasteiger partial charge is 0.339 e. The van der Waals surface area contributed by atoms with Gasteiger partial charge in [-0.05, 0) is 37.1 Å². The maximum atomic E-state index is 12.0. The Morgan fingerprint density at radius 2 is 1.78 bits per heavy atom. The number of rotatable bonds is 6. The van der Waals surface area contributed by atoms with Crippen LogP contribution in [0.4, 0.5) is 0 Å². The van der Waals surface area contributed by atoms with E-state index in [9.17, 15) is 9.59 Å². The van der Waals surface area contributed by atoms with Crippen molar-refractivity contribution in [2.75, 3.05) is 6.61 Å². The van der Waals surface area contributed by atoms with Crippen LogP contribution in [0.15, 0.2) is 48.5 Å². The predicted octanol–water partition coefficient (Wildman–Crippen LogP) is 2.95. The number of carboxylic acids is 1. The molecule has 2 N–H and O–H groups in total. The third kappa shape index (κ3) is 4.32. The predicted molar refractivity (Wildman–Crippen MR) is 86.6 cm³/mol. The van der Waals surface area contributed by atoms with E-state index in [1.807, 2.05) is 38.1 Å². The number of aromatic carboxylic acids is 1. The Labute approximate surface area is 134 Å². The molecular formula is C18H19NO4. The van der Waals surface area contributed by atoms with Crippen molar-refractivity contribution < 1.29 is 19.4 Å². The van der Waals surface area contributed by atoms with Crippen LogP contribution in [0.25, 0.3) is 0 Å². The van der Waals surface area contributed by atoms with E-state index in [0.717, 1.165) is 11.1 Å². The number of amides is 1. The minimum absolute atomic E-state index is 0.0345. The zero-order chi connectivity index (χ0) is 16.8. The van der Waals surface area contributed by atoms with E-state index in [2.05, 4.69) is 5.32 Å². The molecule has 0 aliphatic carbocycles. The third-order valence-corrected chi connectivity index (χ3v) is 3.51. The Morgan fingerprint density at radius 1 is 1.13 bits per heavy atom. The Bertz CT molecular complexity index is 712. The number of nitrogens with one attached hydrogen (secondary N) is 1. The summed E-state index contributed by atoms with van der Waals surface area (Å²) in [7, 11) is 0. The van der Waals surface area contributed by atoms with Crippen molar-refractivity contribution in [3.63, 3.8) is 0 Å². The summed E-state index contributed by atoms with van der Waals surface area (Å²) in [5, 5.41) is 11.9. The van der Waals surface area contributed by atoms with Crippen LogP contribution in [0.1, 0.15) is 34.5 Å². The average molecular weight is 313 g/mol. The van der Waals surface area contributed by atoms with Gasteiger partial charge < -0.3 is 15.2 Å². The van der Waals surface area contributed by atoms with Gasteiger partial charge in [0.2, 0.25) is 0 Å². The molecule has 2 rings (SSSR count). The second-order valence-electron chi connectivity index (χ2n) is 5.24. The molecule has 120 valence electrons. The molecule has 0 radical (unpaired) electrons. The number of hydrogen-bond donors (Lipinski definition) is 2. The topological polar surface area (TPSA) is 75.6 Å². The minimum Gasteiger partial charge on any atom is -0.483 e. The summed E-state index contributed by atoms with van der Waals surface area (Å²) < 4.78 is 5.33. The monoisotopic (exact) mass is 313 g/mol. The molecule has 2 aromatic carbocycles. The number of benzene rings is 2. The van der Waals surface area contributed by atoms with Crippen LogP contribution in [-0.4, -0.2) is 23.6 Å². The number of carbonyl (C=O) groups excluding carboxylic acids is 1. The van der Waals surface area contributed by atoms with Gasteiger partial charge in [-0.3, -0.25) is 4.79 Å². The van der Waals surface area contributed by atoms with Crippen LogP contribution >= 0.6 is 0 Å². The molecule has 0 aromatic heterocycles. The van der Waals surface area contributed by atoms with Gasteiger partial charge in [-0.15, -0.1) is 0 Å². The van der Waals surface area contributed by atoms with E-state index in [0.29, 0.717) is 0 Å². The van der Waals surface area contributed by atoms with Crippen molar-refractivity contribution in [2.45, 2.75) is 19.9 Å². The Kier molecular flexibility index (Phi) is 5.36. The van der Waals surface area contributed by atoms with E-state index in [4.69, 9.17) is 9.84 Å². The van der Waals surface area contributed by atoms with Gasteiger partial charge in [-0.1, -0.05) is 36.4 Å². The van der Waals surface area contributed by atoms with Crippen LogP contribution in [-0.2, 0) is 4.79 Å². The number of aryl methyl sites for hydroxylation is 1. The van der Waals surface area contributed by atoms with E-state index in [1.165, 1.54) is 12.1 Å². The Morgan fingerprint density at radius 3 is 2.48 bits per heavy atom. The van der Waals surface area contributed by atoms with Gasteiger partial charge in [0.25, 0.3) is 5.91 Å². The van der Waals surface area contributed by atoms with Crippen molar-refractivity contribution in [1.82, 2.24) is 5.32 Å². The van der Waals surface area contributed by atoms with Gasteiger partial charge in [0.1, 0.15) is 11.3 Å². The van der Waals surface area contributed by atoms with Crippen LogP contribution < -0.4 is 10.1 Å². The molecule has 1 atom stereocenters. The molecule has 0 aliphatic heterocycles. The SMILES string of the molecule is Cc1ccccc1C(C)NC(=O)COc1ccccc1C(=O)O. The number of para-hydroxylation sites is 1. The Balaban J connectivity index is 1.96. The normalized spacial score (nSPS) is 11.6. The quantitative estimate of drug-likeness (QED) is 0.859. The molecular weight excluding hydrogens is 294 g/mol. The molecule has 0 aliphatic rings. The average Bonchev–Trinajstić information content (AvgIpc) is 2.53. The number of carbonyl (C=O) groups is 2. The number of carboxylic acid groups (broad SMARTS) is 1. The second-order valence-corrected chi connectivity index (χ2v) is 5.24. The van der Waals surface area contributed by atoms with Gasteiger partial charge in [0.05, 0.1) is 6.04 Å².